The minimum atomic E-state index is -0.652. The van der Waals surface area contributed by atoms with Crippen molar-refractivity contribution in [2.45, 2.75) is 38.0 Å². The highest BCUT2D eigenvalue weighted by molar-refractivity contribution is 5.99. The molecule has 1 aromatic carbocycles. The lowest BCUT2D eigenvalue weighted by Crippen LogP contribution is -2.14. The molecule has 0 amide bonds. The smallest absolute Gasteiger partial charge is 0.166 e. The van der Waals surface area contributed by atoms with E-state index in [0.29, 0.717) is 30.5 Å². The van der Waals surface area contributed by atoms with Gasteiger partial charge in [-0.1, -0.05) is 6.07 Å². The Morgan fingerprint density at radius 2 is 1.86 bits per heavy atom. The van der Waals surface area contributed by atoms with Crippen LogP contribution in [0.5, 0.6) is 0 Å². The summed E-state index contributed by atoms with van der Waals surface area (Å²) in [5, 5.41) is 4.41. The number of hydrogen-bond donors (Lipinski definition) is 0. The lowest BCUT2D eigenvalue weighted by molar-refractivity contribution is 0.0971. The molecule has 0 saturated heterocycles. The second-order valence-corrected chi connectivity index (χ2v) is 5.74. The van der Waals surface area contributed by atoms with Gasteiger partial charge >= 0.3 is 0 Å². The molecule has 0 spiro atoms. The number of rotatable bonds is 2. The SMILES string of the molecule is O=C1CCCc2c1c(C1CC1)nn2-c1c(F)cccc1F. The van der Waals surface area contributed by atoms with E-state index in [0.717, 1.165) is 18.5 Å². The van der Waals surface area contributed by atoms with E-state index in [2.05, 4.69) is 5.10 Å². The monoisotopic (exact) mass is 288 g/mol. The van der Waals surface area contributed by atoms with Crippen LogP contribution in [0.15, 0.2) is 18.2 Å². The van der Waals surface area contributed by atoms with Crippen molar-refractivity contribution in [3.63, 3.8) is 0 Å². The van der Waals surface area contributed by atoms with Crippen LogP contribution in [0.3, 0.4) is 0 Å². The van der Waals surface area contributed by atoms with Gasteiger partial charge in [0.05, 0.1) is 17.0 Å². The Kier molecular flexibility index (Phi) is 2.71. The third kappa shape index (κ3) is 1.91. The second kappa shape index (κ2) is 4.48. The zero-order valence-electron chi connectivity index (χ0n) is 11.4. The van der Waals surface area contributed by atoms with Gasteiger partial charge in [0.25, 0.3) is 0 Å². The predicted molar refractivity (Wildman–Crippen MR) is 72.7 cm³/mol. The average molecular weight is 288 g/mol. The minimum absolute atomic E-state index is 0.0566. The second-order valence-electron chi connectivity index (χ2n) is 5.74. The molecule has 2 aliphatic rings. The van der Waals surface area contributed by atoms with E-state index in [4.69, 9.17) is 0 Å². The first-order valence-electron chi connectivity index (χ1n) is 7.26. The van der Waals surface area contributed by atoms with Crippen LogP contribution in [0.4, 0.5) is 8.78 Å². The minimum Gasteiger partial charge on any atom is -0.294 e. The molecular weight excluding hydrogens is 274 g/mol. The molecular formula is C16H14F2N2O. The van der Waals surface area contributed by atoms with E-state index in [1.54, 1.807) is 0 Å². The Bertz CT molecular complexity index is 727. The Hall–Kier alpha value is -2.04. The van der Waals surface area contributed by atoms with E-state index >= 15 is 0 Å². The van der Waals surface area contributed by atoms with Crippen LogP contribution in [-0.4, -0.2) is 15.6 Å². The number of hydrogen-bond acceptors (Lipinski definition) is 2. The molecule has 2 aliphatic carbocycles. The fraction of sp³-hybridized carbons (Fsp3) is 0.375. The fourth-order valence-electron chi connectivity index (χ4n) is 3.07. The van der Waals surface area contributed by atoms with E-state index in [-0.39, 0.29) is 17.4 Å². The number of carbonyl (C=O) groups is 1. The molecule has 0 atom stereocenters. The first kappa shape index (κ1) is 12.7. The Labute approximate surface area is 120 Å². The summed E-state index contributed by atoms with van der Waals surface area (Å²) >= 11 is 0. The molecule has 2 aromatic rings. The molecule has 1 aromatic heterocycles. The van der Waals surface area contributed by atoms with E-state index in [9.17, 15) is 13.6 Å². The van der Waals surface area contributed by atoms with Crippen molar-refractivity contribution in [3.8, 4) is 5.69 Å². The Balaban J connectivity index is 1.98. The van der Waals surface area contributed by atoms with Gasteiger partial charge in [-0.25, -0.2) is 13.5 Å². The largest absolute Gasteiger partial charge is 0.294 e. The van der Waals surface area contributed by atoms with Crippen LogP contribution in [0.2, 0.25) is 0 Å². The average Bonchev–Trinajstić information content (AvgIpc) is 3.22. The standard InChI is InChI=1S/C16H14F2N2O/c17-10-3-1-4-11(18)16(10)20-12-5-2-6-13(21)14(12)15(19-20)9-7-8-9/h1,3-4,9H,2,5-8H2. The summed E-state index contributed by atoms with van der Waals surface area (Å²) in [7, 11) is 0. The number of halogens is 2. The van der Waals surface area contributed by atoms with Crippen LogP contribution in [0, 0.1) is 11.6 Å². The van der Waals surface area contributed by atoms with Crippen LogP contribution in [0.25, 0.3) is 5.69 Å². The van der Waals surface area contributed by atoms with Gasteiger partial charge in [-0.2, -0.15) is 5.10 Å². The molecule has 0 aliphatic heterocycles. The van der Waals surface area contributed by atoms with Crippen molar-refractivity contribution in [1.82, 2.24) is 9.78 Å². The summed E-state index contributed by atoms with van der Waals surface area (Å²) in [5.41, 5.74) is 1.84. The first-order valence-corrected chi connectivity index (χ1v) is 7.26. The first-order chi connectivity index (χ1) is 10.2. The van der Waals surface area contributed by atoms with Gasteiger partial charge in [-0.3, -0.25) is 4.79 Å². The van der Waals surface area contributed by atoms with Crippen molar-refractivity contribution in [2.24, 2.45) is 0 Å². The summed E-state index contributed by atoms with van der Waals surface area (Å²) in [4.78, 5) is 12.2. The molecule has 21 heavy (non-hydrogen) atoms. The van der Waals surface area contributed by atoms with Crippen molar-refractivity contribution in [1.29, 1.82) is 0 Å². The molecule has 5 heteroatoms. The topological polar surface area (TPSA) is 34.9 Å². The predicted octanol–water partition coefficient (Wildman–Crippen LogP) is 3.55. The van der Waals surface area contributed by atoms with Gasteiger partial charge in [0.15, 0.2) is 17.4 Å². The molecule has 1 heterocycles. The summed E-state index contributed by atoms with van der Waals surface area (Å²) in [6.45, 7) is 0. The number of benzene rings is 1. The van der Waals surface area contributed by atoms with Gasteiger partial charge in [-0.15, -0.1) is 0 Å². The number of fused-ring (bicyclic) bond motifs is 1. The van der Waals surface area contributed by atoms with Gasteiger partial charge in [0.1, 0.15) is 5.69 Å². The number of para-hydroxylation sites is 1. The Morgan fingerprint density at radius 3 is 2.52 bits per heavy atom. The Morgan fingerprint density at radius 1 is 1.14 bits per heavy atom. The van der Waals surface area contributed by atoms with Crippen molar-refractivity contribution in [2.75, 3.05) is 0 Å². The van der Waals surface area contributed by atoms with Crippen molar-refractivity contribution in [3.05, 3.63) is 46.8 Å². The molecule has 108 valence electrons. The van der Waals surface area contributed by atoms with Crippen LogP contribution >= 0.6 is 0 Å². The number of nitrogens with zero attached hydrogens (tertiary/aromatic N) is 2. The highest BCUT2D eigenvalue weighted by atomic mass is 19.1. The maximum absolute atomic E-state index is 14.0. The zero-order chi connectivity index (χ0) is 14.6. The fourth-order valence-corrected chi connectivity index (χ4v) is 3.07. The van der Waals surface area contributed by atoms with Crippen LogP contribution in [-0.2, 0) is 6.42 Å². The maximum atomic E-state index is 14.0. The summed E-state index contributed by atoms with van der Waals surface area (Å²) in [6.07, 6.45) is 3.83. The molecule has 4 rings (SSSR count). The van der Waals surface area contributed by atoms with Crippen molar-refractivity contribution < 1.29 is 13.6 Å². The molecule has 1 saturated carbocycles. The van der Waals surface area contributed by atoms with Crippen LogP contribution in [0.1, 0.15) is 53.3 Å². The number of carbonyl (C=O) groups excluding carboxylic acids is 1. The van der Waals surface area contributed by atoms with Crippen LogP contribution < -0.4 is 0 Å². The van der Waals surface area contributed by atoms with E-state index < -0.39 is 11.6 Å². The van der Waals surface area contributed by atoms with E-state index in [1.165, 1.54) is 22.9 Å². The number of aromatic nitrogens is 2. The maximum Gasteiger partial charge on any atom is 0.166 e. The molecule has 0 bridgehead atoms. The lowest BCUT2D eigenvalue weighted by atomic mass is 9.93. The summed E-state index contributed by atoms with van der Waals surface area (Å²) in [5.74, 6) is -0.973. The van der Waals surface area contributed by atoms with Crippen molar-refractivity contribution >= 4 is 5.78 Å². The summed E-state index contributed by atoms with van der Waals surface area (Å²) in [6, 6.07) is 3.76. The quantitative estimate of drug-likeness (QED) is 0.847. The van der Waals surface area contributed by atoms with Gasteiger partial charge in [0, 0.05) is 12.3 Å². The molecule has 1 fully saturated rings. The van der Waals surface area contributed by atoms with Gasteiger partial charge < -0.3 is 0 Å². The third-order valence-corrected chi connectivity index (χ3v) is 4.22. The number of ketones is 1. The molecule has 0 N–H and O–H groups in total. The summed E-state index contributed by atoms with van der Waals surface area (Å²) < 4.78 is 29.4. The van der Waals surface area contributed by atoms with Gasteiger partial charge in [-0.05, 0) is 37.8 Å². The molecule has 3 nitrogen and oxygen atoms in total. The molecule has 0 radical (unpaired) electrons. The zero-order valence-corrected chi connectivity index (χ0v) is 11.4. The third-order valence-electron chi connectivity index (χ3n) is 4.22. The molecule has 0 unspecified atom stereocenters. The number of Topliss-reactive ketones (excluding diaryl/α,β-unsaturated/α-hetero) is 1. The lowest BCUT2D eigenvalue weighted by Gasteiger charge is -2.14. The van der Waals surface area contributed by atoms with E-state index in [1.807, 2.05) is 0 Å². The highest BCUT2D eigenvalue weighted by Gasteiger charge is 2.36. The van der Waals surface area contributed by atoms with Gasteiger partial charge in [0.2, 0.25) is 0 Å². The normalized spacial score (nSPS) is 17.9. The highest BCUT2D eigenvalue weighted by Crippen LogP contribution is 2.43.